The van der Waals surface area contributed by atoms with E-state index in [0.29, 0.717) is 18.3 Å². The van der Waals surface area contributed by atoms with Crippen LogP contribution in [0.3, 0.4) is 0 Å². The normalized spacial score (nSPS) is 10.7. The molecule has 0 aliphatic heterocycles. The van der Waals surface area contributed by atoms with Gasteiger partial charge in [-0.15, -0.1) is 11.3 Å². The number of aromatic nitrogens is 4. The Balaban J connectivity index is 1.34. The van der Waals surface area contributed by atoms with Crippen LogP contribution in [0.5, 0.6) is 0 Å². The number of nitrogen functional groups attached to an aromatic ring is 1. The number of anilines is 1. The van der Waals surface area contributed by atoms with Crippen molar-refractivity contribution in [2.45, 2.75) is 25.7 Å². The number of unbranched alkanes of at least 4 members (excludes halogenated alkanes) is 2. The Hall–Kier alpha value is -2.81. The number of hydrogen-bond donors (Lipinski definition) is 2. The van der Waals surface area contributed by atoms with Gasteiger partial charge in [-0.1, -0.05) is 17.6 Å². The van der Waals surface area contributed by atoms with Gasteiger partial charge >= 0.3 is 0 Å². The van der Waals surface area contributed by atoms with Gasteiger partial charge in [0.1, 0.15) is 0 Å². The highest BCUT2D eigenvalue weighted by atomic mass is 32.1. The molecule has 3 aromatic heterocycles. The third kappa shape index (κ3) is 4.60. The van der Waals surface area contributed by atoms with E-state index in [1.165, 1.54) is 12.4 Å². The molecule has 130 valence electrons. The minimum Gasteiger partial charge on any atom is -0.382 e. The minimum atomic E-state index is -0.303. The van der Waals surface area contributed by atoms with Crippen molar-refractivity contribution < 1.29 is 9.32 Å². The van der Waals surface area contributed by atoms with Crippen molar-refractivity contribution in [3.05, 3.63) is 41.5 Å². The summed E-state index contributed by atoms with van der Waals surface area (Å²) in [7, 11) is 0. The van der Waals surface area contributed by atoms with Crippen molar-refractivity contribution in [2.24, 2.45) is 0 Å². The Kier molecular flexibility index (Phi) is 5.68. The van der Waals surface area contributed by atoms with Crippen molar-refractivity contribution in [1.82, 2.24) is 25.4 Å². The lowest BCUT2D eigenvalue weighted by Crippen LogP contribution is -2.26. The molecule has 1 amide bonds. The molecule has 0 aliphatic carbocycles. The lowest BCUT2D eigenvalue weighted by Gasteiger charge is -2.05. The zero-order valence-electron chi connectivity index (χ0n) is 13.5. The summed E-state index contributed by atoms with van der Waals surface area (Å²) in [6.45, 7) is 0.555. The van der Waals surface area contributed by atoms with Crippen LogP contribution in [0.15, 0.2) is 34.4 Å². The fourth-order valence-electron chi connectivity index (χ4n) is 2.25. The number of nitrogens with zero attached hydrogens (tertiary/aromatic N) is 4. The first-order valence-electron chi connectivity index (χ1n) is 7.95. The molecule has 0 saturated heterocycles. The molecule has 0 bridgehead atoms. The standard InChI is InChI=1S/C16H18N6O2S/c17-14-13(18-8-9-19-14)16(23)20-7-3-1-2-6-12-21-15(22-24-12)11-5-4-10-25-11/h4-5,8-10H,1-3,6-7H2,(H2,17,19)(H,20,23). The van der Waals surface area contributed by atoms with Crippen LogP contribution in [0.4, 0.5) is 5.82 Å². The van der Waals surface area contributed by atoms with Gasteiger partial charge in [-0.3, -0.25) is 4.79 Å². The van der Waals surface area contributed by atoms with Crippen LogP contribution < -0.4 is 11.1 Å². The van der Waals surface area contributed by atoms with Crippen LogP contribution in [0.25, 0.3) is 10.7 Å². The average Bonchev–Trinajstić information content (AvgIpc) is 3.29. The highest BCUT2D eigenvalue weighted by molar-refractivity contribution is 7.13. The molecule has 0 spiro atoms. The smallest absolute Gasteiger partial charge is 0.273 e. The largest absolute Gasteiger partial charge is 0.382 e. The van der Waals surface area contributed by atoms with Gasteiger partial charge in [0.15, 0.2) is 11.5 Å². The quantitative estimate of drug-likeness (QED) is 0.593. The van der Waals surface area contributed by atoms with Crippen LogP contribution in [0, 0.1) is 0 Å². The summed E-state index contributed by atoms with van der Waals surface area (Å²) in [6.07, 6.45) is 6.32. The number of rotatable bonds is 8. The summed E-state index contributed by atoms with van der Waals surface area (Å²) in [6, 6.07) is 3.92. The number of carbonyl (C=O) groups is 1. The highest BCUT2D eigenvalue weighted by Crippen LogP contribution is 2.21. The van der Waals surface area contributed by atoms with Crippen LogP contribution in [0.2, 0.25) is 0 Å². The Morgan fingerprint density at radius 2 is 2.12 bits per heavy atom. The molecule has 0 unspecified atom stereocenters. The molecular weight excluding hydrogens is 340 g/mol. The lowest BCUT2D eigenvalue weighted by molar-refractivity contribution is 0.0948. The Labute approximate surface area is 148 Å². The summed E-state index contributed by atoms with van der Waals surface area (Å²) in [5.41, 5.74) is 5.78. The maximum Gasteiger partial charge on any atom is 0.273 e. The second-order valence-electron chi connectivity index (χ2n) is 5.35. The van der Waals surface area contributed by atoms with E-state index in [9.17, 15) is 4.79 Å². The minimum absolute atomic E-state index is 0.137. The van der Waals surface area contributed by atoms with Crippen LogP contribution >= 0.6 is 11.3 Å². The molecule has 0 fully saturated rings. The highest BCUT2D eigenvalue weighted by Gasteiger charge is 2.11. The summed E-state index contributed by atoms with van der Waals surface area (Å²) in [5, 5.41) is 8.75. The van der Waals surface area contributed by atoms with E-state index in [0.717, 1.165) is 30.6 Å². The summed E-state index contributed by atoms with van der Waals surface area (Å²) >= 11 is 1.58. The van der Waals surface area contributed by atoms with Gasteiger partial charge in [0.25, 0.3) is 5.91 Å². The number of nitrogens with one attached hydrogen (secondary N) is 1. The SMILES string of the molecule is Nc1nccnc1C(=O)NCCCCCc1nc(-c2cccs2)no1. The zero-order chi connectivity index (χ0) is 17.5. The van der Waals surface area contributed by atoms with Crippen molar-refractivity contribution >= 4 is 23.1 Å². The first-order chi connectivity index (χ1) is 12.2. The Morgan fingerprint density at radius 3 is 2.92 bits per heavy atom. The van der Waals surface area contributed by atoms with Gasteiger partial charge in [-0.05, 0) is 24.3 Å². The van der Waals surface area contributed by atoms with Gasteiger partial charge in [0.2, 0.25) is 11.7 Å². The van der Waals surface area contributed by atoms with Gasteiger partial charge in [-0.25, -0.2) is 9.97 Å². The van der Waals surface area contributed by atoms with Crippen molar-refractivity contribution in [3.63, 3.8) is 0 Å². The third-order valence-corrected chi connectivity index (χ3v) is 4.37. The molecule has 3 N–H and O–H groups in total. The van der Waals surface area contributed by atoms with E-state index >= 15 is 0 Å². The second kappa shape index (κ2) is 8.34. The van der Waals surface area contributed by atoms with Crippen LogP contribution in [-0.4, -0.2) is 32.6 Å². The predicted octanol–water partition coefficient (Wildman–Crippen LogP) is 2.31. The Bertz CT molecular complexity index is 818. The van der Waals surface area contributed by atoms with E-state index in [1.54, 1.807) is 11.3 Å². The average molecular weight is 358 g/mol. The molecule has 0 saturated carbocycles. The number of amides is 1. The Morgan fingerprint density at radius 1 is 1.24 bits per heavy atom. The summed E-state index contributed by atoms with van der Waals surface area (Å²) < 4.78 is 5.25. The zero-order valence-corrected chi connectivity index (χ0v) is 14.3. The van der Waals surface area contributed by atoms with Crippen molar-refractivity contribution in [2.75, 3.05) is 12.3 Å². The molecule has 0 aromatic carbocycles. The fourth-order valence-corrected chi connectivity index (χ4v) is 2.90. The number of nitrogens with two attached hydrogens (primary N) is 1. The molecule has 3 heterocycles. The summed E-state index contributed by atoms with van der Waals surface area (Å²) in [5.74, 6) is 1.11. The predicted molar refractivity (Wildman–Crippen MR) is 93.9 cm³/mol. The molecule has 9 heteroatoms. The van der Waals surface area contributed by atoms with Gasteiger partial charge in [-0.2, -0.15) is 4.98 Å². The number of hydrogen-bond acceptors (Lipinski definition) is 8. The molecule has 0 aliphatic rings. The lowest BCUT2D eigenvalue weighted by atomic mass is 10.2. The summed E-state index contributed by atoms with van der Waals surface area (Å²) in [4.78, 5) is 25.1. The third-order valence-electron chi connectivity index (χ3n) is 3.50. The first kappa shape index (κ1) is 17.0. The molecule has 3 rings (SSSR count). The topological polar surface area (TPSA) is 120 Å². The second-order valence-corrected chi connectivity index (χ2v) is 6.29. The monoisotopic (exact) mass is 358 g/mol. The molecule has 0 radical (unpaired) electrons. The van der Waals surface area contributed by atoms with E-state index in [2.05, 4.69) is 25.4 Å². The molecule has 0 atom stereocenters. The van der Waals surface area contributed by atoms with E-state index in [1.807, 2.05) is 17.5 Å². The van der Waals surface area contributed by atoms with Gasteiger partial charge in [0.05, 0.1) is 4.88 Å². The fraction of sp³-hybridized carbons (Fsp3) is 0.312. The first-order valence-corrected chi connectivity index (χ1v) is 8.83. The molecule has 8 nitrogen and oxygen atoms in total. The number of aryl methyl sites for hydroxylation is 1. The van der Waals surface area contributed by atoms with Gasteiger partial charge < -0.3 is 15.6 Å². The van der Waals surface area contributed by atoms with E-state index < -0.39 is 0 Å². The van der Waals surface area contributed by atoms with E-state index in [4.69, 9.17) is 10.3 Å². The van der Waals surface area contributed by atoms with Crippen LogP contribution in [-0.2, 0) is 6.42 Å². The molecule has 25 heavy (non-hydrogen) atoms. The van der Waals surface area contributed by atoms with E-state index in [-0.39, 0.29) is 17.4 Å². The number of carbonyl (C=O) groups excluding carboxylic acids is 1. The molecule has 3 aromatic rings. The maximum absolute atomic E-state index is 11.9. The van der Waals surface area contributed by atoms with Crippen molar-refractivity contribution in [1.29, 1.82) is 0 Å². The van der Waals surface area contributed by atoms with Crippen molar-refractivity contribution in [3.8, 4) is 10.7 Å². The van der Waals surface area contributed by atoms with Gasteiger partial charge in [0, 0.05) is 25.4 Å². The number of thiophene rings is 1. The van der Waals surface area contributed by atoms with Crippen LogP contribution in [0.1, 0.15) is 35.6 Å². The molecular formula is C16H18N6O2S. The maximum atomic E-state index is 11.9.